The predicted octanol–water partition coefficient (Wildman–Crippen LogP) is 4.23. The van der Waals surface area contributed by atoms with Gasteiger partial charge in [-0.1, -0.05) is 18.2 Å². The predicted molar refractivity (Wildman–Crippen MR) is 109 cm³/mol. The Balaban J connectivity index is 1.92. The van der Waals surface area contributed by atoms with Gasteiger partial charge in [0.15, 0.2) is 9.84 Å². The van der Waals surface area contributed by atoms with Crippen molar-refractivity contribution >= 4 is 31.6 Å². The Labute approximate surface area is 162 Å². The molecule has 2 aromatic heterocycles. The van der Waals surface area contributed by atoms with Gasteiger partial charge in [0.2, 0.25) is 0 Å². The maximum Gasteiger partial charge on any atom is 0.258 e. The molecular weight excluding hydrogens is 374 g/mol. The summed E-state index contributed by atoms with van der Waals surface area (Å²) >= 11 is 0. The van der Waals surface area contributed by atoms with Crippen molar-refractivity contribution in [1.82, 2.24) is 4.57 Å². The fourth-order valence-corrected chi connectivity index (χ4v) is 4.43. The summed E-state index contributed by atoms with van der Waals surface area (Å²) < 4.78 is 32.3. The van der Waals surface area contributed by atoms with Crippen molar-refractivity contribution < 1.29 is 12.8 Å². The number of furan rings is 1. The Hall–Kier alpha value is -2.86. The van der Waals surface area contributed by atoms with E-state index in [2.05, 4.69) is 0 Å². The van der Waals surface area contributed by atoms with Crippen LogP contribution in [0.4, 0.5) is 0 Å². The molecule has 5 rings (SSSR count). The molecule has 1 aliphatic rings. The molecule has 0 spiro atoms. The van der Waals surface area contributed by atoms with Crippen molar-refractivity contribution in [3.05, 3.63) is 64.8 Å². The molecule has 0 amide bonds. The summed E-state index contributed by atoms with van der Waals surface area (Å²) in [6.45, 7) is 0. The molecule has 2 aromatic carbocycles. The minimum absolute atomic E-state index is 0.0898. The number of nitrogens with zero attached hydrogens (tertiary/aromatic N) is 1. The van der Waals surface area contributed by atoms with E-state index in [0.717, 1.165) is 34.9 Å². The molecule has 4 aromatic rings. The SMILES string of the molecule is Cn1cc(-c2cc(S(C)(=O)=O)cc3cc(C4CC4)oc23)c2ccccc2c1=O. The zero-order valence-corrected chi connectivity index (χ0v) is 16.4. The lowest BCUT2D eigenvalue weighted by atomic mass is 9.99. The smallest absolute Gasteiger partial charge is 0.258 e. The van der Waals surface area contributed by atoms with E-state index in [1.165, 1.54) is 10.8 Å². The highest BCUT2D eigenvalue weighted by Crippen LogP contribution is 2.44. The molecule has 0 N–H and O–H groups in total. The number of fused-ring (bicyclic) bond motifs is 2. The van der Waals surface area contributed by atoms with E-state index >= 15 is 0 Å². The molecule has 1 saturated carbocycles. The van der Waals surface area contributed by atoms with E-state index in [1.54, 1.807) is 31.4 Å². The molecule has 1 aliphatic carbocycles. The van der Waals surface area contributed by atoms with Crippen LogP contribution in [0.5, 0.6) is 0 Å². The molecule has 28 heavy (non-hydrogen) atoms. The standard InChI is InChI=1S/C22H19NO4S/c1-23-12-19(16-5-3-4-6-17(16)22(23)24)18-11-15(28(2,25)26)9-14-10-20(13-7-8-13)27-21(14)18/h3-6,9-13H,7-8H2,1-2H3. The average Bonchev–Trinajstić information content (AvgIpc) is 3.42. The van der Waals surface area contributed by atoms with E-state index in [9.17, 15) is 13.2 Å². The summed E-state index contributed by atoms with van der Waals surface area (Å²) in [5, 5.41) is 2.15. The van der Waals surface area contributed by atoms with Crippen molar-refractivity contribution in [1.29, 1.82) is 0 Å². The maximum atomic E-state index is 12.5. The van der Waals surface area contributed by atoms with Crippen LogP contribution in [-0.4, -0.2) is 19.2 Å². The molecule has 0 unspecified atom stereocenters. The first kappa shape index (κ1) is 17.3. The summed E-state index contributed by atoms with van der Waals surface area (Å²) in [5.41, 5.74) is 2.05. The first-order valence-electron chi connectivity index (χ1n) is 9.19. The van der Waals surface area contributed by atoms with Crippen molar-refractivity contribution in [3.63, 3.8) is 0 Å². The number of hydrogen-bond donors (Lipinski definition) is 0. The van der Waals surface area contributed by atoms with Gasteiger partial charge in [-0.2, -0.15) is 0 Å². The summed E-state index contributed by atoms with van der Waals surface area (Å²) in [6, 6.07) is 12.7. The number of sulfone groups is 1. The Morgan fingerprint density at radius 1 is 1.04 bits per heavy atom. The minimum Gasteiger partial charge on any atom is -0.460 e. The van der Waals surface area contributed by atoms with Gasteiger partial charge in [0.05, 0.1) is 4.90 Å². The van der Waals surface area contributed by atoms with Gasteiger partial charge >= 0.3 is 0 Å². The van der Waals surface area contributed by atoms with Gasteiger partial charge in [-0.05, 0) is 42.5 Å². The summed E-state index contributed by atoms with van der Waals surface area (Å²) in [7, 11) is -1.70. The van der Waals surface area contributed by atoms with Crippen molar-refractivity contribution in [3.8, 4) is 11.1 Å². The van der Waals surface area contributed by atoms with E-state index in [1.807, 2.05) is 24.3 Å². The highest BCUT2D eigenvalue weighted by molar-refractivity contribution is 7.90. The van der Waals surface area contributed by atoms with Gasteiger partial charge in [0.25, 0.3) is 5.56 Å². The third kappa shape index (κ3) is 2.67. The van der Waals surface area contributed by atoms with Crippen LogP contribution in [0, 0.1) is 0 Å². The molecule has 5 nitrogen and oxygen atoms in total. The van der Waals surface area contributed by atoms with Gasteiger partial charge < -0.3 is 8.98 Å². The Morgan fingerprint density at radius 2 is 1.75 bits per heavy atom. The Bertz CT molecular complexity index is 1420. The molecule has 0 bridgehead atoms. The van der Waals surface area contributed by atoms with Crippen LogP contribution in [0.15, 0.2) is 62.8 Å². The Kier molecular flexibility index (Phi) is 3.58. The van der Waals surface area contributed by atoms with Crippen molar-refractivity contribution in [2.45, 2.75) is 23.7 Å². The molecule has 142 valence electrons. The maximum absolute atomic E-state index is 12.5. The van der Waals surface area contributed by atoms with Crippen LogP contribution in [0.3, 0.4) is 0 Å². The number of hydrogen-bond acceptors (Lipinski definition) is 4. The second-order valence-electron chi connectivity index (χ2n) is 7.59. The number of aromatic nitrogens is 1. The van der Waals surface area contributed by atoms with Crippen molar-refractivity contribution in [2.75, 3.05) is 6.26 Å². The first-order chi connectivity index (χ1) is 13.3. The lowest BCUT2D eigenvalue weighted by Gasteiger charge is -2.11. The first-order valence-corrected chi connectivity index (χ1v) is 11.1. The van der Waals surface area contributed by atoms with Crippen LogP contribution < -0.4 is 5.56 Å². The second-order valence-corrected chi connectivity index (χ2v) is 9.60. The summed E-state index contributed by atoms with van der Waals surface area (Å²) in [6.07, 6.45) is 5.15. The van der Waals surface area contributed by atoms with E-state index in [4.69, 9.17) is 4.42 Å². The third-order valence-corrected chi connectivity index (χ3v) is 6.49. The van der Waals surface area contributed by atoms with Gasteiger partial charge in [-0.15, -0.1) is 0 Å². The molecular formula is C22H19NO4S. The average molecular weight is 393 g/mol. The lowest BCUT2D eigenvalue weighted by Crippen LogP contribution is -2.16. The van der Waals surface area contributed by atoms with E-state index in [0.29, 0.717) is 22.5 Å². The third-order valence-electron chi connectivity index (χ3n) is 5.40. The van der Waals surface area contributed by atoms with Gasteiger partial charge in [0, 0.05) is 47.3 Å². The van der Waals surface area contributed by atoms with Crippen LogP contribution in [0.25, 0.3) is 32.9 Å². The second kappa shape index (κ2) is 5.82. The van der Waals surface area contributed by atoms with Crippen LogP contribution >= 0.6 is 0 Å². The number of rotatable bonds is 3. The fraction of sp³-hybridized carbons (Fsp3) is 0.227. The highest BCUT2D eigenvalue weighted by Gasteiger charge is 2.28. The number of benzene rings is 2. The molecule has 0 radical (unpaired) electrons. The molecule has 6 heteroatoms. The topological polar surface area (TPSA) is 69.3 Å². The van der Waals surface area contributed by atoms with Crippen LogP contribution in [0.2, 0.25) is 0 Å². The molecule has 2 heterocycles. The molecule has 0 atom stereocenters. The van der Waals surface area contributed by atoms with Crippen LogP contribution in [0.1, 0.15) is 24.5 Å². The lowest BCUT2D eigenvalue weighted by molar-refractivity contribution is 0.553. The number of pyridine rings is 1. The van der Waals surface area contributed by atoms with E-state index in [-0.39, 0.29) is 10.5 Å². The molecule has 0 aliphatic heterocycles. The zero-order chi connectivity index (χ0) is 19.6. The molecule has 0 saturated heterocycles. The number of aryl methyl sites for hydroxylation is 1. The van der Waals surface area contributed by atoms with Crippen molar-refractivity contribution in [2.24, 2.45) is 7.05 Å². The highest BCUT2D eigenvalue weighted by atomic mass is 32.2. The summed E-state index contributed by atoms with van der Waals surface area (Å²) in [4.78, 5) is 12.8. The van der Waals surface area contributed by atoms with E-state index < -0.39 is 9.84 Å². The summed E-state index contributed by atoms with van der Waals surface area (Å²) in [5.74, 6) is 1.31. The van der Waals surface area contributed by atoms with Gasteiger partial charge in [0.1, 0.15) is 11.3 Å². The van der Waals surface area contributed by atoms with Crippen LogP contribution in [-0.2, 0) is 16.9 Å². The monoisotopic (exact) mass is 393 g/mol. The van der Waals surface area contributed by atoms with Gasteiger partial charge in [-0.3, -0.25) is 4.79 Å². The fourth-order valence-electron chi connectivity index (χ4n) is 3.76. The normalized spacial score (nSPS) is 14.8. The Morgan fingerprint density at radius 3 is 2.43 bits per heavy atom. The van der Waals surface area contributed by atoms with Gasteiger partial charge in [-0.25, -0.2) is 8.42 Å². The quantitative estimate of drug-likeness (QED) is 0.522. The zero-order valence-electron chi connectivity index (χ0n) is 15.6. The minimum atomic E-state index is -3.40. The molecule has 1 fully saturated rings. The largest absolute Gasteiger partial charge is 0.460 e.